The number of oxazole rings is 1. The van der Waals surface area contributed by atoms with E-state index in [0.717, 1.165) is 55.8 Å². The number of benzene rings is 1. The number of rotatable bonds is 8. The van der Waals surface area contributed by atoms with E-state index in [1.165, 1.54) is 11.1 Å². The molecule has 1 aliphatic heterocycles. The van der Waals surface area contributed by atoms with Crippen molar-refractivity contribution in [2.75, 3.05) is 31.6 Å². The molecule has 0 bridgehead atoms. The maximum atomic E-state index is 14.4. The van der Waals surface area contributed by atoms with E-state index < -0.39 is 0 Å². The van der Waals surface area contributed by atoms with Crippen molar-refractivity contribution in [2.24, 2.45) is 17.8 Å². The van der Waals surface area contributed by atoms with E-state index in [1.807, 2.05) is 17.0 Å². The minimum atomic E-state index is -0.214. The Morgan fingerprint density at radius 1 is 1.00 bits per heavy atom. The van der Waals surface area contributed by atoms with Gasteiger partial charge in [-0.1, -0.05) is 39.8 Å². The third-order valence-corrected chi connectivity index (χ3v) is 10.5. The van der Waals surface area contributed by atoms with Crippen LogP contribution in [0.1, 0.15) is 102 Å². The smallest absolute Gasteiger partial charge is 0.410 e. The van der Waals surface area contributed by atoms with Crippen LogP contribution in [0.5, 0.6) is 5.75 Å². The molecule has 2 saturated carbocycles. The maximum absolute atomic E-state index is 14.4. The number of anilines is 1. The van der Waals surface area contributed by atoms with Crippen LogP contribution >= 0.6 is 0 Å². The molecule has 2 aliphatic carbocycles. The highest BCUT2D eigenvalue weighted by Crippen LogP contribution is 2.39. The minimum absolute atomic E-state index is 0.115. The van der Waals surface area contributed by atoms with Gasteiger partial charge >= 0.3 is 6.09 Å². The standard InChI is InChI=1S/C39H52N4O5/c1-25-21-42(22-25)38(45)48-32-14-11-29(12-15-32)36(44)43(35-20-31(17-18-40-35)33-24-47-37(41-33)39(3,4)5)23-27-7-9-28(10-8-27)30-13-16-34(46-6)26(2)19-30/h13,16-20,24-25,27-29,32H,7-12,14-15,21-23H2,1-6H3. The molecule has 6 rings (SSSR count). The molecule has 2 amide bonds. The lowest BCUT2D eigenvalue weighted by molar-refractivity contribution is -0.124. The number of likely N-dealkylation sites (tertiary alicyclic amines) is 1. The van der Waals surface area contributed by atoms with Crippen molar-refractivity contribution in [3.63, 3.8) is 0 Å². The number of amides is 2. The predicted molar refractivity (Wildman–Crippen MR) is 186 cm³/mol. The van der Waals surface area contributed by atoms with Gasteiger partial charge in [-0.15, -0.1) is 0 Å². The normalized spacial score (nSPS) is 23.3. The molecule has 3 heterocycles. The summed E-state index contributed by atoms with van der Waals surface area (Å²) in [5, 5.41) is 0. The van der Waals surface area contributed by atoms with Crippen LogP contribution in [0.15, 0.2) is 47.2 Å². The van der Waals surface area contributed by atoms with Gasteiger partial charge in [0.05, 0.1) is 7.11 Å². The lowest BCUT2D eigenvalue weighted by Gasteiger charge is -2.38. The van der Waals surface area contributed by atoms with Gasteiger partial charge in [0.25, 0.3) is 0 Å². The maximum Gasteiger partial charge on any atom is 0.410 e. The first kappa shape index (κ1) is 34.0. The Balaban J connectivity index is 1.16. The lowest BCUT2D eigenvalue weighted by Crippen LogP contribution is -2.50. The molecule has 3 aliphatic rings. The second-order valence-corrected chi connectivity index (χ2v) is 15.5. The van der Waals surface area contributed by atoms with Crippen LogP contribution in [0.4, 0.5) is 10.6 Å². The van der Waals surface area contributed by atoms with E-state index in [1.54, 1.807) is 24.5 Å². The van der Waals surface area contributed by atoms with Crippen molar-refractivity contribution in [1.29, 1.82) is 0 Å². The van der Waals surface area contributed by atoms with E-state index in [0.29, 0.717) is 61.7 Å². The van der Waals surface area contributed by atoms with E-state index in [4.69, 9.17) is 23.9 Å². The van der Waals surface area contributed by atoms with Crippen LogP contribution in [0.2, 0.25) is 0 Å². The van der Waals surface area contributed by atoms with E-state index in [9.17, 15) is 9.59 Å². The topological polar surface area (TPSA) is 98.0 Å². The Hall–Kier alpha value is -3.88. The molecule has 0 unspecified atom stereocenters. The monoisotopic (exact) mass is 656 g/mol. The second kappa shape index (κ2) is 14.3. The van der Waals surface area contributed by atoms with Crippen LogP contribution in [-0.2, 0) is 14.9 Å². The van der Waals surface area contributed by atoms with Gasteiger partial charge in [0.1, 0.15) is 29.6 Å². The summed E-state index contributed by atoms with van der Waals surface area (Å²) in [6.07, 6.45) is 10.2. The van der Waals surface area contributed by atoms with Crippen molar-refractivity contribution in [1.82, 2.24) is 14.9 Å². The van der Waals surface area contributed by atoms with Crippen LogP contribution in [0, 0.1) is 24.7 Å². The third kappa shape index (κ3) is 7.71. The molecular formula is C39H52N4O5. The molecule has 2 aromatic heterocycles. The quantitative estimate of drug-likeness (QED) is 0.241. The fourth-order valence-corrected chi connectivity index (χ4v) is 7.58. The molecule has 9 nitrogen and oxygen atoms in total. The number of aryl methyl sites for hydroxylation is 1. The number of carbonyl (C=O) groups excluding carboxylic acids is 2. The number of nitrogens with zero attached hydrogens (tertiary/aromatic N) is 4. The van der Waals surface area contributed by atoms with Crippen molar-refractivity contribution in [3.8, 4) is 17.0 Å². The summed E-state index contributed by atoms with van der Waals surface area (Å²) in [5.74, 6) is 3.67. The summed E-state index contributed by atoms with van der Waals surface area (Å²) in [4.78, 5) is 40.1. The molecule has 1 aromatic carbocycles. The Bertz CT molecular complexity index is 1570. The highest BCUT2D eigenvalue weighted by molar-refractivity contribution is 5.94. The Morgan fingerprint density at radius 3 is 2.35 bits per heavy atom. The number of ether oxygens (including phenoxy) is 2. The Kier molecular flexibility index (Phi) is 10.1. The molecule has 48 heavy (non-hydrogen) atoms. The van der Waals surface area contributed by atoms with Gasteiger partial charge in [-0.05, 0) is 105 Å². The Morgan fingerprint density at radius 2 is 1.73 bits per heavy atom. The molecule has 3 aromatic rings. The van der Waals surface area contributed by atoms with E-state index >= 15 is 0 Å². The average molecular weight is 657 g/mol. The van der Waals surface area contributed by atoms with Crippen LogP contribution in [-0.4, -0.2) is 59.7 Å². The average Bonchev–Trinajstić information content (AvgIpc) is 3.58. The van der Waals surface area contributed by atoms with Crippen molar-refractivity contribution in [3.05, 3.63) is 59.8 Å². The van der Waals surface area contributed by atoms with Crippen molar-refractivity contribution in [2.45, 2.75) is 103 Å². The molecule has 0 atom stereocenters. The highest BCUT2D eigenvalue weighted by Gasteiger charge is 2.36. The molecule has 0 radical (unpaired) electrons. The molecule has 0 spiro atoms. The number of carbonyl (C=O) groups is 2. The van der Waals surface area contributed by atoms with E-state index in [2.05, 4.69) is 52.8 Å². The van der Waals surface area contributed by atoms with Gasteiger partial charge in [-0.2, -0.15) is 0 Å². The van der Waals surface area contributed by atoms with Gasteiger partial charge in [-0.25, -0.2) is 14.8 Å². The second-order valence-electron chi connectivity index (χ2n) is 15.5. The molecule has 258 valence electrons. The predicted octanol–water partition coefficient (Wildman–Crippen LogP) is 8.31. The molecular weight excluding hydrogens is 604 g/mol. The zero-order valence-corrected chi connectivity index (χ0v) is 29.5. The fraction of sp³-hybridized carbons (Fsp3) is 0.590. The summed E-state index contributed by atoms with van der Waals surface area (Å²) in [6.45, 7) is 12.6. The minimum Gasteiger partial charge on any atom is -0.496 e. The summed E-state index contributed by atoms with van der Waals surface area (Å²) >= 11 is 0. The lowest BCUT2D eigenvalue weighted by atomic mass is 9.78. The first-order valence-corrected chi connectivity index (χ1v) is 17.8. The van der Waals surface area contributed by atoms with Gasteiger partial charge in [-0.3, -0.25) is 9.69 Å². The third-order valence-electron chi connectivity index (χ3n) is 10.5. The number of methoxy groups -OCH3 is 1. The first-order valence-electron chi connectivity index (χ1n) is 17.8. The number of hydrogen-bond donors (Lipinski definition) is 0. The van der Waals surface area contributed by atoms with Gasteiger partial charge in [0.15, 0.2) is 5.89 Å². The van der Waals surface area contributed by atoms with Crippen molar-refractivity contribution < 1.29 is 23.5 Å². The summed E-state index contributed by atoms with van der Waals surface area (Å²) in [7, 11) is 1.72. The molecule has 9 heteroatoms. The van der Waals surface area contributed by atoms with Gasteiger partial charge in [0, 0.05) is 42.7 Å². The fourth-order valence-electron chi connectivity index (χ4n) is 7.58. The molecule has 3 fully saturated rings. The van der Waals surface area contributed by atoms with Gasteiger partial charge < -0.3 is 18.8 Å². The number of hydrogen-bond acceptors (Lipinski definition) is 7. The summed E-state index contributed by atoms with van der Waals surface area (Å²) < 4.78 is 17.1. The number of pyridine rings is 1. The largest absolute Gasteiger partial charge is 0.496 e. The zero-order valence-electron chi connectivity index (χ0n) is 29.5. The van der Waals surface area contributed by atoms with Gasteiger partial charge in [0.2, 0.25) is 5.91 Å². The first-order chi connectivity index (χ1) is 23.0. The summed E-state index contributed by atoms with van der Waals surface area (Å²) in [6, 6.07) is 10.5. The van der Waals surface area contributed by atoms with Crippen LogP contribution in [0.25, 0.3) is 11.3 Å². The van der Waals surface area contributed by atoms with Crippen molar-refractivity contribution >= 4 is 17.8 Å². The summed E-state index contributed by atoms with van der Waals surface area (Å²) in [5.41, 5.74) is 3.95. The molecule has 0 N–H and O–H groups in total. The zero-order chi connectivity index (χ0) is 34.0. The Labute approximate surface area is 285 Å². The number of aromatic nitrogens is 2. The van der Waals surface area contributed by atoms with E-state index in [-0.39, 0.29) is 29.4 Å². The van der Waals surface area contributed by atoms with Crippen LogP contribution < -0.4 is 9.64 Å². The SMILES string of the molecule is COc1ccc(C2CCC(CN(C(=O)C3CCC(OC(=O)N4CC(C)C4)CC3)c3cc(-c4coc(C(C)(C)C)n4)ccn3)CC2)cc1C. The highest BCUT2D eigenvalue weighted by atomic mass is 16.6. The molecule has 1 saturated heterocycles. The van der Waals surface area contributed by atoms with Crippen LogP contribution in [0.3, 0.4) is 0 Å².